The molecule has 0 atom stereocenters. The molecule has 0 aliphatic heterocycles. The van der Waals surface area contributed by atoms with E-state index in [0.717, 1.165) is 16.9 Å². The van der Waals surface area contributed by atoms with Crippen LogP contribution in [0.4, 0.5) is 0 Å². The second-order valence-corrected chi connectivity index (χ2v) is 4.79. The van der Waals surface area contributed by atoms with Gasteiger partial charge >= 0.3 is 0 Å². The molecule has 2 heterocycles. The van der Waals surface area contributed by atoms with Crippen molar-refractivity contribution in [2.24, 2.45) is 7.05 Å². The van der Waals surface area contributed by atoms with Crippen LogP contribution in [0.25, 0.3) is 16.9 Å². The second-order valence-electron chi connectivity index (χ2n) is 4.79. The predicted molar refractivity (Wildman–Crippen MR) is 71.7 cm³/mol. The summed E-state index contributed by atoms with van der Waals surface area (Å²) >= 11 is 0. The highest BCUT2D eigenvalue weighted by Gasteiger charge is 2.16. The van der Waals surface area contributed by atoms with Crippen molar-refractivity contribution in [3.05, 3.63) is 54.0 Å². The number of aromatic nitrogens is 3. The van der Waals surface area contributed by atoms with Crippen molar-refractivity contribution < 1.29 is 4.57 Å². The maximum Gasteiger partial charge on any atom is 0.273 e. The summed E-state index contributed by atoms with van der Waals surface area (Å²) in [5.74, 6) is 0. The summed E-state index contributed by atoms with van der Waals surface area (Å²) in [6.45, 7) is 4.16. The molecule has 0 saturated carbocycles. The van der Waals surface area contributed by atoms with Crippen LogP contribution < -0.4 is 4.57 Å². The number of benzene rings is 1. The van der Waals surface area contributed by atoms with E-state index in [1.165, 1.54) is 11.1 Å². The van der Waals surface area contributed by atoms with Gasteiger partial charge in [-0.3, -0.25) is 0 Å². The highest BCUT2D eigenvalue weighted by atomic mass is 15.2. The summed E-state index contributed by atoms with van der Waals surface area (Å²) in [6.07, 6.45) is 3.98. The van der Waals surface area contributed by atoms with Crippen LogP contribution in [0, 0.1) is 13.8 Å². The largest absolute Gasteiger partial charge is 0.273 e. The lowest BCUT2D eigenvalue weighted by atomic mass is 10.2. The lowest BCUT2D eigenvalue weighted by molar-refractivity contribution is -0.645. The number of hydrogen-bond acceptors (Lipinski definition) is 1. The Labute approximate surface area is 106 Å². The molecule has 90 valence electrons. The Bertz CT molecular complexity index is 708. The molecule has 0 aliphatic carbocycles. The van der Waals surface area contributed by atoms with Gasteiger partial charge < -0.3 is 0 Å². The van der Waals surface area contributed by atoms with Gasteiger partial charge in [-0.1, -0.05) is 17.7 Å². The van der Waals surface area contributed by atoms with Crippen LogP contribution in [0.15, 0.2) is 42.9 Å². The summed E-state index contributed by atoms with van der Waals surface area (Å²) in [6, 6.07) is 10.6. The first kappa shape index (κ1) is 11.0. The van der Waals surface area contributed by atoms with Crippen molar-refractivity contribution in [1.82, 2.24) is 9.55 Å². The number of aryl methyl sites for hydroxylation is 3. The average molecular weight is 238 g/mol. The normalized spacial score (nSPS) is 11.1. The highest BCUT2D eigenvalue weighted by Crippen LogP contribution is 2.16. The quantitative estimate of drug-likeness (QED) is 0.597. The van der Waals surface area contributed by atoms with E-state index in [2.05, 4.69) is 64.6 Å². The summed E-state index contributed by atoms with van der Waals surface area (Å²) in [4.78, 5) is 4.54. The van der Waals surface area contributed by atoms with Crippen molar-refractivity contribution in [3.63, 3.8) is 0 Å². The van der Waals surface area contributed by atoms with E-state index in [0.29, 0.717) is 0 Å². The van der Waals surface area contributed by atoms with E-state index in [9.17, 15) is 0 Å². The number of pyridine rings is 1. The number of fused-ring (bicyclic) bond motifs is 1. The second kappa shape index (κ2) is 3.95. The smallest absolute Gasteiger partial charge is 0.231 e. The molecule has 2 aromatic heterocycles. The van der Waals surface area contributed by atoms with Crippen LogP contribution in [0.2, 0.25) is 0 Å². The van der Waals surface area contributed by atoms with E-state index in [-0.39, 0.29) is 0 Å². The maximum absolute atomic E-state index is 4.54. The Morgan fingerprint density at radius 1 is 1.06 bits per heavy atom. The van der Waals surface area contributed by atoms with Gasteiger partial charge in [0.05, 0.1) is 7.05 Å². The number of imidazole rings is 1. The first-order chi connectivity index (χ1) is 8.65. The molecule has 3 rings (SSSR count). The van der Waals surface area contributed by atoms with Gasteiger partial charge in [-0.25, -0.2) is 9.55 Å². The molecule has 0 saturated heterocycles. The fourth-order valence-electron chi connectivity index (χ4n) is 2.18. The van der Waals surface area contributed by atoms with Gasteiger partial charge in [0.25, 0.3) is 12.0 Å². The lowest BCUT2D eigenvalue weighted by Gasteiger charge is -1.97. The Hall–Kier alpha value is -2.16. The average Bonchev–Trinajstić information content (AvgIpc) is 2.68. The van der Waals surface area contributed by atoms with Crippen LogP contribution in [-0.2, 0) is 7.05 Å². The molecular formula is C15H16N3+. The van der Waals surface area contributed by atoms with Crippen LogP contribution in [-0.4, -0.2) is 9.55 Å². The van der Waals surface area contributed by atoms with Crippen LogP contribution >= 0.6 is 0 Å². The third kappa shape index (κ3) is 1.68. The van der Waals surface area contributed by atoms with E-state index in [1.54, 1.807) is 0 Å². The zero-order valence-electron chi connectivity index (χ0n) is 10.9. The Balaban J connectivity index is 2.26. The van der Waals surface area contributed by atoms with Gasteiger partial charge in [-0.15, -0.1) is 0 Å². The predicted octanol–water partition coefficient (Wildman–Crippen LogP) is 2.47. The van der Waals surface area contributed by atoms with Crippen molar-refractivity contribution in [1.29, 1.82) is 0 Å². The molecule has 18 heavy (non-hydrogen) atoms. The number of nitrogens with zero attached hydrogens (tertiary/aromatic N) is 3. The first-order valence-electron chi connectivity index (χ1n) is 6.05. The Morgan fingerprint density at radius 2 is 1.78 bits per heavy atom. The van der Waals surface area contributed by atoms with Crippen LogP contribution in [0.3, 0.4) is 0 Å². The summed E-state index contributed by atoms with van der Waals surface area (Å²) in [5, 5.41) is 0. The number of hydrogen-bond donors (Lipinski definition) is 0. The Kier molecular flexibility index (Phi) is 2.40. The molecule has 0 aliphatic rings. The third-order valence-corrected chi connectivity index (χ3v) is 3.19. The molecule has 0 fully saturated rings. The minimum absolute atomic E-state index is 0.993. The molecule has 0 radical (unpaired) electrons. The third-order valence-electron chi connectivity index (χ3n) is 3.19. The molecule has 0 bridgehead atoms. The van der Waals surface area contributed by atoms with Gasteiger partial charge in [-0.2, -0.15) is 4.57 Å². The van der Waals surface area contributed by atoms with Gasteiger partial charge in [0, 0.05) is 6.20 Å². The van der Waals surface area contributed by atoms with Crippen molar-refractivity contribution in [3.8, 4) is 5.69 Å². The molecule has 0 amide bonds. The minimum Gasteiger partial charge on any atom is -0.231 e. The fourth-order valence-corrected chi connectivity index (χ4v) is 2.18. The van der Waals surface area contributed by atoms with E-state index in [1.807, 2.05) is 13.2 Å². The molecule has 0 unspecified atom stereocenters. The van der Waals surface area contributed by atoms with E-state index < -0.39 is 0 Å². The van der Waals surface area contributed by atoms with Crippen molar-refractivity contribution >= 4 is 11.2 Å². The van der Waals surface area contributed by atoms with Crippen LogP contribution in [0.1, 0.15) is 11.1 Å². The van der Waals surface area contributed by atoms with Crippen LogP contribution in [0.5, 0.6) is 0 Å². The molecule has 3 aromatic rings. The zero-order valence-corrected chi connectivity index (χ0v) is 10.9. The Morgan fingerprint density at radius 3 is 2.50 bits per heavy atom. The lowest BCUT2D eigenvalue weighted by Crippen LogP contribution is -2.25. The fraction of sp³-hybridized carbons (Fsp3) is 0.200. The molecular weight excluding hydrogens is 222 g/mol. The van der Waals surface area contributed by atoms with E-state index in [4.69, 9.17) is 0 Å². The summed E-state index contributed by atoms with van der Waals surface area (Å²) < 4.78 is 4.23. The zero-order chi connectivity index (χ0) is 12.7. The SMILES string of the molecule is Cc1ccc(-n2c[n+](C)c3cc(C)cnc32)cc1. The maximum atomic E-state index is 4.54. The van der Waals surface area contributed by atoms with Crippen molar-refractivity contribution in [2.75, 3.05) is 0 Å². The van der Waals surface area contributed by atoms with E-state index >= 15 is 0 Å². The summed E-state index contributed by atoms with van der Waals surface area (Å²) in [5.41, 5.74) is 5.73. The van der Waals surface area contributed by atoms with Gasteiger partial charge in [0.15, 0.2) is 5.52 Å². The van der Waals surface area contributed by atoms with Gasteiger partial charge in [0.2, 0.25) is 0 Å². The van der Waals surface area contributed by atoms with Gasteiger partial charge in [-0.05, 0) is 37.6 Å². The number of rotatable bonds is 1. The molecule has 3 nitrogen and oxygen atoms in total. The molecule has 3 heteroatoms. The topological polar surface area (TPSA) is 21.7 Å². The standard InChI is InChI=1S/C15H16N3/c1-11-4-6-13(7-5-11)18-10-17(3)14-8-12(2)9-16-15(14)18/h4-10H,1-3H3/q+1. The molecule has 0 N–H and O–H groups in total. The summed E-state index contributed by atoms with van der Waals surface area (Å²) in [7, 11) is 2.05. The minimum atomic E-state index is 0.993. The monoisotopic (exact) mass is 238 g/mol. The molecule has 0 spiro atoms. The molecule has 1 aromatic carbocycles. The highest BCUT2D eigenvalue weighted by molar-refractivity contribution is 5.69. The van der Waals surface area contributed by atoms with Gasteiger partial charge in [0.1, 0.15) is 5.69 Å². The first-order valence-corrected chi connectivity index (χ1v) is 6.05. The van der Waals surface area contributed by atoms with Crippen molar-refractivity contribution in [2.45, 2.75) is 13.8 Å².